The maximum Gasteiger partial charge on any atom is 0.401 e. The van der Waals surface area contributed by atoms with Crippen LogP contribution in [0.5, 0.6) is 0 Å². The minimum Gasteiger partial charge on any atom is -0.458 e. The van der Waals surface area contributed by atoms with Crippen molar-refractivity contribution in [2.75, 3.05) is 40.8 Å². The lowest BCUT2D eigenvalue weighted by Gasteiger charge is -2.47. The van der Waals surface area contributed by atoms with Crippen LogP contribution in [0.25, 0.3) is 0 Å². The highest BCUT2D eigenvalue weighted by molar-refractivity contribution is 6.00. The Morgan fingerprint density at radius 3 is 2.35 bits per heavy atom. The van der Waals surface area contributed by atoms with Gasteiger partial charge >= 0.3 is 18.1 Å². The molecule has 0 amide bonds. The number of ketones is 1. The minimum absolute atomic E-state index is 0.0569. The third-order valence-electron chi connectivity index (χ3n) is 10.8. The summed E-state index contributed by atoms with van der Waals surface area (Å²) in [4.78, 5) is 42.1. The van der Waals surface area contributed by atoms with Crippen molar-refractivity contribution >= 4 is 17.7 Å². The van der Waals surface area contributed by atoms with Crippen LogP contribution in [0, 0.1) is 23.7 Å². The molecule has 3 aliphatic rings. The van der Waals surface area contributed by atoms with Crippen LogP contribution in [0.15, 0.2) is 0 Å². The zero-order chi connectivity index (χ0) is 37.1. The van der Waals surface area contributed by atoms with Gasteiger partial charge in [0.05, 0.1) is 30.8 Å². The molecule has 3 N–H and O–H groups in total. The number of nitrogens with zero attached hydrogens (tertiary/aromatic N) is 1. The first-order chi connectivity index (χ1) is 22.7. The number of halogens is 3. The number of aliphatic hydroxyl groups excluding tert-OH is 1. The van der Waals surface area contributed by atoms with Gasteiger partial charge in [-0.25, -0.2) is 0 Å². The molecule has 0 aromatic rings. The number of alkyl halides is 3. The summed E-state index contributed by atoms with van der Waals surface area (Å²) in [5.41, 5.74) is -2.27. The van der Waals surface area contributed by atoms with Gasteiger partial charge in [-0.3, -0.25) is 14.4 Å². The maximum atomic E-state index is 14.1. The average molecular weight is 710 g/mol. The van der Waals surface area contributed by atoms with Gasteiger partial charge < -0.3 is 44.3 Å². The normalized spacial score (nSPS) is 41.9. The van der Waals surface area contributed by atoms with E-state index in [1.54, 1.807) is 39.8 Å². The summed E-state index contributed by atoms with van der Waals surface area (Å²) >= 11 is 0. The smallest absolute Gasteiger partial charge is 0.401 e. The Morgan fingerprint density at radius 1 is 1.12 bits per heavy atom. The predicted octanol–water partition coefficient (Wildman–Crippen LogP) is 2.84. The number of cyclic esters (lactones) is 1. The van der Waals surface area contributed by atoms with Crippen molar-refractivity contribution in [2.24, 2.45) is 23.7 Å². The number of hydrogen-bond donors (Lipinski definition) is 3. The van der Waals surface area contributed by atoms with Crippen LogP contribution in [0.2, 0.25) is 0 Å². The summed E-state index contributed by atoms with van der Waals surface area (Å²) in [7, 11) is 4.98. The molecule has 0 bridgehead atoms. The number of methoxy groups -OCH3 is 1. The summed E-state index contributed by atoms with van der Waals surface area (Å²) < 4.78 is 69.2. The second-order valence-corrected chi connectivity index (χ2v) is 14.9. The summed E-state index contributed by atoms with van der Waals surface area (Å²) in [5.74, 6) is -4.23. The van der Waals surface area contributed by atoms with Crippen LogP contribution in [0.4, 0.5) is 13.2 Å². The molecule has 0 spiro atoms. The van der Waals surface area contributed by atoms with Crippen molar-refractivity contribution in [1.82, 2.24) is 15.5 Å². The fourth-order valence-corrected chi connectivity index (χ4v) is 7.83. The molecule has 15 heteroatoms. The zero-order valence-corrected chi connectivity index (χ0v) is 30.6. The van der Waals surface area contributed by atoms with Crippen LogP contribution in [0.3, 0.4) is 0 Å². The minimum atomic E-state index is -4.41. The molecule has 13 atom stereocenters. The van der Waals surface area contributed by atoms with E-state index in [4.69, 9.17) is 23.7 Å². The van der Waals surface area contributed by atoms with E-state index in [0.717, 1.165) is 0 Å². The van der Waals surface area contributed by atoms with Gasteiger partial charge in [0, 0.05) is 37.6 Å². The summed E-state index contributed by atoms with van der Waals surface area (Å²) in [5, 5.41) is 17.3. The second kappa shape index (κ2) is 16.6. The first-order valence-corrected chi connectivity index (χ1v) is 17.3. The van der Waals surface area contributed by atoms with Gasteiger partial charge in [0.1, 0.15) is 18.1 Å². The monoisotopic (exact) mass is 709 g/mol. The Morgan fingerprint density at radius 2 is 1.78 bits per heavy atom. The number of fused-ring (bicyclic) bond motifs is 1. The van der Waals surface area contributed by atoms with Crippen LogP contribution < -0.4 is 10.6 Å². The molecule has 284 valence electrons. The number of carbonyl (C=O) groups is 3. The molecule has 0 aliphatic carbocycles. The van der Waals surface area contributed by atoms with E-state index < -0.39 is 84.3 Å². The van der Waals surface area contributed by atoms with Crippen LogP contribution >= 0.6 is 0 Å². The molecule has 49 heavy (non-hydrogen) atoms. The zero-order valence-electron chi connectivity index (χ0n) is 30.6. The maximum absolute atomic E-state index is 14.1. The number of hydrogen-bond acceptors (Lipinski definition) is 12. The molecule has 12 nitrogen and oxygen atoms in total. The van der Waals surface area contributed by atoms with Crippen molar-refractivity contribution in [3.05, 3.63) is 0 Å². The summed E-state index contributed by atoms with van der Waals surface area (Å²) in [6.45, 7) is 11.6. The van der Waals surface area contributed by atoms with Gasteiger partial charge in [0.15, 0.2) is 17.7 Å². The van der Waals surface area contributed by atoms with Crippen molar-refractivity contribution in [3.63, 3.8) is 0 Å². The number of carbonyl (C=O) groups excluding carboxylic acids is 3. The van der Waals surface area contributed by atoms with Crippen molar-refractivity contribution < 1.29 is 56.3 Å². The Balaban J connectivity index is 2.00. The van der Waals surface area contributed by atoms with Crippen LogP contribution in [0.1, 0.15) is 74.1 Å². The topological polar surface area (TPSA) is 145 Å². The molecule has 3 fully saturated rings. The number of ether oxygens (including phenoxy) is 5. The molecule has 0 aromatic carbocycles. The predicted molar refractivity (Wildman–Crippen MR) is 173 cm³/mol. The average Bonchev–Trinajstić information content (AvgIpc) is 3.34. The van der Waals surface area contributed by atoms with Gasteiger partial charge in [-0.2, -0.15) is 13.2 Å². The first-order valence-electron chi connectivity index (χ1n) is 17.3. The van der Waals surface area contributed by atoms with E-state index in [9.17, 15) is 32.7 Å². The largest absolute Gasteiger partial charge is 0.458 e. The molecule has 3 heterocycles. The highest BCUT2D eigenvalue weighted by Gasteiger charge is 2.55. The Bertz CT molecular complexity index is 1150. The summed E-state index contributed by atoms with van der Waals surface area (Å²) in [6.07, 6.45) is -8.47. The van der Waals surface area contributed by atoms with Gasteiger partial charge in [-0.1, -0.05) is 20.8 Å². The van der Waals surface area contributed by atoms with Crippen molar-refractivity contribution in [1.29, 1.82) is 0 Å². The van der Waals surface area contributed by atoms with E-state index in [2.05, 4.69) is 10.6 Å². The molecule has 3 saturated heterocycles. The molecular formula is C34H58F3N3O9. The van der Waals surface area contributed by atoms with Gasteiger partial charge in [-0.05, 0) is 73.5 Å². The number of esters is 2. The van der Waals surface area contributed by atoms with Crippen LogP contribution in [-0.2, 0) is 38.1 Å². The summed E-state index contributed by atoms with van der Waals surface area (Å²) in [6, 6.07) is -0.731. The first kappa shape index (κ1) is 41.5. The number of Topliss-reactive ketones (excluding diaryl/α,β-unsaturated/α-hetero) is 1. The number of nitrogens with one attached hydrogen (secondary N) is 2. The lowest BCUT2D eigenvalue weighted by atomic mass is 9.78. The molecule has 5 unspecified atom stereocenters. The van der Waals surface area contributed by atoms with E-state index in [1.165, 1.54) is 14.0 Å². The molecule has 0 radical (unpaired) electrons. The molecule has 3 aliphatic heterocycles. The van der Waals surface area contributed by atoms with E-state index in [-0.39, 0.29) is 43.2 Å². The molecular weight excluding hydrogens is 651 g/mol. The van der Waals surface area contributed by atoms with E-state index in [1.807, 2.05) is 20.8 Å². The fraction of sp³-hybridized carbons (Fsp3) is 0.912. The SMILES string of the molecule is CC[C@H]1OC(=O)C(C)C(=O)[C@H](C)[C@@H](OC2OC(CNCC(F)(F)F)CC(N(C)C)C2O)[C@](C)(OC)C[C@@H](C)CN[C@H](C)[C@H]2CC(=O)O[C@@]21C. The lowest BCUT2D eigenvalue weighted by Crippen LogP contribution is -2.60. The Hall–Kier alpha value is -1.88. The van der Waals surface area contributed by atoms with Gasteiger partial charge in [0.25, 0.3) is 0 Å². The highest BCUT2D eigenvalue weighted by Crippen LogP contribution is 2.42. The number of rotatable bonds is 8. The Kier molecular flexibility index (Phi) is 14.1. The second-order valence-electron chi connectivity index (χ2n) is 14.9. The van der Waals surface area contributed by atoms with E-state index in [0.29, 0.717) is 19.4 Å². The van der Waals surface area contributed by atoms with Crippen molar-refractivity contribution in [3.8, 4) is 0 Å². The third-order valence-corrected chi connectivity index (χ3v) is 10.8. The molecule has 0 saturated carbocycles. The fourth-order valence-electron chi connectivity index (χ4n) is 7.83. The quantitative estimate of drug-likeness (QED) is 0.252. The molecule has 3 rings (SSSR count). The molecule has 0 aromatic heterocycles. The standard InChI is InChI=1S/C34H58F3N3O9/c1-11-25-33(7)23(13-26(41)49-33)21(5)39-15-18(2)14-32(6,45-10)29(19(3)27(42)20(4)30(44)47-25)48-31-28(43)24(40(8)9)12-22(46-31)16-38-17-34(35,36)37/h18-25,28-29,31,38-39,43H,11-17H2,1-10H3/t18-,19+,20?,21-,22?,23-,24?,25-,28?,29-,31?,32-,33+/m1/s1. The van der Waals surface area contributed by atoms with E-state index >= 15 is 0 Å². The van der Waals surface area contributed by atoms with Crippen LogP contribution in [-0.4, -0.2) is 129 Å². The lowest BCUT2D eigenvalue weighted by molar-refractivity contribution is -0.297. The number of aliphatic hydroxyl groups is 1. The van der Waals surface area contributed by atoms with Gasteiger partial charge in [0.2, 0.25) is 0 Å². The highest BCUT2D eigenvalue weighted by atomic mass is 19.4. The number of likely N-dealkylation sites (N-methyl/N-ethyl adjacent to an activating group) is 1. The van der Waals surface area contributed by atoms with Gasteiger partial charge in [-0.15, -0.1) is 0 Å². The third kappa shape index (κ3) is 9.92. The van der Waals surface area contributed by atoms with Crippen molar-refractivity contribution in [2.45, 2.75) is 134 Å². The Labute approximate surface area is 288 Å².